The second-order valence-electron chi connectivity index (χ2n) is 6.41. The molecule has 1 aromatic carbocycles. The summed E-state index contributed by atoms with van der Waals surface area (Å²) >= 11 is 0. The fourth-order valence-corrected chi connectivity index (χ4v) is 2.97. The number of para-hydroxylation sites is 1. The zero-order valence-corrected chi connectivity index (χ0v) is 15.7. The summed E-state index contributed by atoms with van der Waals surface area (Å²) < 4.78 is 1.94. The highest BCUT2D eigenvalue weighted by Crippen LogP contribution is 2.15. The molecule has 0 fully saturated rings. The minimum atomic E-state index is -0.0339. The average molecular weight is 387 g/mol. The number of carbonyl (C=O) groups excluding carboxylic acids is 1. The second-order valence-corrected chi connectivity index (χ2v) is 6.41. The number of hydrogen-bond acceptors (Lipinski definition) is 6. The maximum absolute atomic E-state index is 12.2. The van der Waals surface area contributed by atoms with Crippen LogP contribution in [0.2, 0.25) is 0 Å². The first-order chi connectivity index (χ1) is 14.3. The molecule has 0 bridgehead atoms. The minimum absolute atomic E-state index is 0.0339. The quantitative estimate of drug-likeness (QED) is 0.402. The van der Waals surface area contributed by atoms with Gasteiger partial charge in [0.25, 0.3) is 0 Å². The van der Waals surface area contributed by atoms with Gasteiger partial charge in [-0.2, -0.15) is 0 Å². The molecule has 1 amide bonds. The van der Waals surface area contributed by atoms with Crippen molar-refractivity contribution in [2.24, 2.45) is 0 Å². The summed E-state index contributed by atoms with van der Waals surface area (Å²) in [5.74, 6) is 1.99. The third-order valence-corrected chi connectivity index (χ3v) is 4.34. The van der Waals surface area contributed by atoms with Crippen molar-refractivity contribution in [3.8, 4) is 0 Å². The standard InChI is InChI=1S/C21H21N7O/c29-21(14-28-12-8-16-5-1-2-6-17(16)28)24-11-10-23-19-13-20(26-15-25-19)27-18-7-3-4-9-22-18/h1-9,12-13,15H,10-11,14H2,(H,24,29)(H2,22,23,25,26,27). The van der Waals surface area contributed by atoms with Gasteiger partial charge >= 0.3 is 0 Å². The summed E-state index contributed by atoms with van der Waals surface area (Å²) in [6.07, 6.45) is 5.12. The van der Waals surface area contributed by atoms with Crippen LogP contribution in [0.5, 0.6) is 0 Å². The smallest absolute Gasteiger partial charge is 0.240 e. The van der Waals surface area contributed by atoms with E-state index in [0.29, 0.717) is 37.1 Å². The van der Waals surface area contributed by atoms with Gasteiger partial charge in [0.2, 0.25) is 5.91 Å². The molecule has 29 heavy (non-hydrogen) atoms. The number of hydrogen-bond donors (Lipinski definition) is 3. The van der Waals surface area contributed by atoms with Crippen LogP contribution in [0.1, 0.15) is 0 Å². The molecule has 0 saturated carbocycles. The summed E-state index contributed by atoms with van der Waals surface area (Å²) in [4.78, 5) is 24.8. The van der Waals surface area contributed by atoms with Gasteiger partial charge in [-0.25, -0.2) is 15.0 Å². The van der Waals surface area contributed by atoms with Crippen LogP contribution in [0.25, 0.3) is 10.9 Å². The molecular formula is C21H21N7O. The third-order valence-electron chi connectivity index (χ3n) is 4.34. The predicted molar refractivity (Wildman–Crippen MR) is 113 cm³/mol. The van der Waals surface area contributed by atoms with Crippen molar-refractivity contribution in [2.45, 2.75) is 6.54 Å². The predicted octanol–water partition coefficient (Wildman–Crippen LogP) is 2.80. The van der Waals surface area contributed by atoms with E-state index in [2.05, 4.69) is 30.9 Å². The number of fused-ring (bicyclic) bond motifs is 1. The molecule has 0 aliphatic carbocycles. The van der Waals surface area contributed by atoms with Crippen molar-refractivity contribution < 1.29 is 4.79 Å². The molecule has 0 radical (unpaired) electrons. The Labute approximate surface area is 168 Å². The Balaban J connectivity index is 1.24. The first-order valence-electron chi connectivity index (χ1n) is 9.32. The zero-order chi connectivity index (χ0) is 19.9. The summed E-state index contributed by atoms with van der Waals surface area (Å²) in [6, 6.07) is 17.4. The maximum atomic E-state index is 12.2. The van der Waals surface area contributed by atoms with Gasteiger partial charge in [-0.1, -0.05) is 24.3 Å². The first-order valence-corrected chi connectivity index (χ1v) is 9.32. The number of aromatic nitrogens is 4. The van der Waals surface area contributed by atoms with Gasteiger partial charge in [-0.05, 0) is 29.7 Å². The van der Waals surface area contributed by atoms with E-state index in [-0.39, 0.29) is 5.91 Å². The Morgan fingerprint density at radius 2 is 1.76 bits per heavy atom. The van der Waals surface area contributed by atoms with Gasteiger partial charge in [0.1, 0.15) is 30.3 Å². The molecule has 0 atom stereocenters. The molecule has 8 nitrogen and oxygen atoms in total. The Morgan fingerprint density at radius 3 is 2.66 bits per heavy atom. The summed E-state index contributed by atoms with van der Waals surface area (Å²) in [5.41, 5.74) is 1.05. The molecule has 4 rings (SSSR count). The topological polar surface area (TPSA) is 96.8 Å². The Kier molecular flexibility index (Phi) is 5.61. The van der Waals surface area contributed by atoms with Crippen molar-refractivity contribution >= 4 is 34.3 Å². The lowest BCUT2D eigenvalue weighted by Crippen LogP contribution is -2.31. The van der Waals surface area contributed by atoms with Crippen molar-refractivity contribution in [1.82, 2.24) is 24.8 Å². The zero-order valence-electron chi connectivity index (χ0n) is 15.7. The van der Waals surface area contributed by atoms with E-state index in [0.717, 1.165) is 10.9 Å². The van der Waals surface area contributed by atoms with Crippen molar-refractivity contribution in [1.29, 1.82) is 0 Å². The Hall–Kier alpha value is -3.94. The van der Waals surface area contributed by atoms with Gasteiger partial charge in [0.05, 0.1) is 0 Å². The lowest BCUT2D eigenvalue weighted by Gasteiger charge is -2.10. The summed E-state index contributed by atoms with van der Waals surface area (Å²) in [7, 11) is 0. The van der Waals surface area contributed by atoms with Crippen molar-refractivity contribution in [3.05, 3.63) is 73.3 Å². The fourth-order valence-electron chi connectivity index (χ4n) is 2.97. The molecule has 8 heteroatoms. The lowest BCUT2D eigenvalue weighted by atomic mass is 10.2. The molecule has 146 valence electrons. The normalized spacial score (nSPS) is 10.6. The van der Waals surface area contributed by atoms with Crippen LogP contribution in [-0.4, -0.2) is 38.5 Å². The van der Waals surface area contributed by atoms with Crippen LogP contribution >= 0.6 is 0 Å². The molecule has 0 unspecified atom stereocenters. The van der Waals surface area contributed by atoms with E-state index in [1.54, 1.807) is 12.3 Å². The summed E-state index contributed by atoms with van der Waals surface area (Å²) in [6.45, 7) is 1.34. The molecule has 0 aliphatic heterocycles. The highest BCUT2D eigenvalue weighted by atomic mass is 16.1. The van der Waals surface area contributed by atoms with Gasteiger partial charge in [-0.3, -0.25) is 4.79 Å². The van der Waals surface area contributed by atoms with E-state index in [1.807, 2.05) is 59.3 Å². The number of anilines is 3. The first kappa shape index (κ1) is 18.4. The number of carbonyl (C=O) groups is 1. The number of benzene rings is 1. The number of amides is 1. The fraction of sp³-hybridized carbons (Fsp3) is 0.143. The molecule has 0 saturated heterocycles. The van der Waals surface area contributed by atoms with E-state index < -0.39 is 0 Å². The minimum Gasteiger partial charge on any atom is -0.368 e. The highest BCUT2D eigenvalue weighted by molar-refractivity contribution is 5.83. The van der Waals surface area contributed by atoms with Gasteiger partial charge in [0, 0.05) is 37.1 Å². The lowest BCUT2D eigenvalue weighted by molar-refractivity contribution is -0.121. The van der Waals surface area contributed by atoms with Crippen LogP contribution in [-0.2, 0) is 11.3 Å². The molecule has 4 aromatic rings. The number of nitrogens with zero attached hydrogens (tertiary/aromatic N) is 4. The van der Waals surface area contributed by atoms with E-state index >= 15 is 0 Å². The maximum Gasteiger partial charge on any atom is 0.240 e. The van der Waals surface area contributed by atoms with Crippen LogP contribution in [0, 0.1) is 0 Å². The van der Waals surface area contributed by atoms with Gasteiger partial charge in [-0.15, -0.1) is 0 Å². The molecule has 3 N–H and O–H groups in total. The highest BCUT2D eigenvalue weighted by Gasteiger charge is 2.06. The molecule has 3 heterocycles. The largest absolute Gasteiger partial charge is 0.368 e. The van der Waals surface area contributed by atoms with Crippen LogP contribution < -0.4 is 16.0 Å². The average Bonchev–Trinajstić information content (AvgIpc) is 3.15. The second kappa shape index (κ2) is 8.83. The van der Waals surface area contributed by atoms with E-state index in [9.17, 15) is 4.79 Å². The molecule has 0 aliphatic rings. The van der Waals surface area contributed by atoms with E-state index in [1.165, 1.54) is 6.33 Å². The monoisotopic (exact) mass is 387 g/mol. The van der Waals surface area contributed by atoms with Gasteiger partial charge < -0.3 is 20.5 Å². The van der Waals surface area contributed by atoms with Crippen LogP contribution in [0.4, 0.5) is 17.5 Å². The Morgan fingerprint density at radius 1 is 0.897 bits per heavy atom. The third kappa shape index (κ3) is 4.86. The van der Waals surface area contributed by atoms with E-state index in [4.69, 9.17) is 0 Å². The number of nitrogens with one attached hydrogen (secondary N) is 3. The molecular weight excluding hydrogens is 366 g/mol. The van der Waals surface area contributed by atoms with Crippen LogP contribution in [0.15, 0.2) is 73.3 Å². The number of pyridine rings is 1. The van der Waals surface area contributed by atoms with Crippen LogP contribution in [0.3, 0.4) is 0 Å². The molecule has 3 aromatic heterocycles. The Bertz CT molecular complexity index is 1090. The molecule has 0 spiro atoms. The summed E-state index contributed by atoms with van der Waals surface area (Å²) in [5, 5.41) is 10.3. The van der Waals surface area contributed by atoms with Crippen molar-refractivity contribution in [2.75, 3.05) is 23.7 Å². The number of rotatable bonds is 8. The SMILES string of the molecule is O=C(Cn1ccc2ccccc21)NCCNc1cc(Nc2ccccn2)ncn1. The van der Waals surface area contributed by atoms with Crippen molar-refractivity contribution in [3.63, 3.8) is 0 Å². The van der Waals surface area contributed by atoms with Gasteiger partial charge in [0.15, 0.2) is 0 Å².